The lowest BCUT2D eigenvalue weighted by Gasteiger charge is -2.10. The molecule has 0 bridgehead atoms. The molecule has 1 aromatic carbocycles. The summed E-state index contributed by atoms with van der Waals surface area (Å²) in [5, 5.41) is 0. The van der Waals surface area contributed by atoms with E-state index in [9.17, 15) is 9.59 Å². The van der Waals surface area contributed by atoms with E-state index >= 15 is 0 Å². The van der Waals surface area contributed by atoms with Crippen LogP contribution in [0.25, 0.3) is 0 Å². The van der Waals surface area contributed by atoms with Crippen molar-refractivity contribution in [2.45, 2.75) is 20.8 Å². The Hall–Kier alpha value is -1.84. The summed E-state index contributed by atoms with van der Waals surface area (Å²) in [6.45, 7) is 5.36. The van der Waals surface area contributed by atoms with Crippen molar-refractivity contribution in [3.8, 4) is 0 Å². The smallest absolute Gasteiger partial charge is 0.269 e. The average molecular weight is 220 g/mol. The largest absolute Gasteiger partial charge is 0.273 e. The molecule has 1 aromatic rings. The Morgan fingerprint density at radius 1 is 1.12 bits per heavy atom. The number of carbonyl (C=O) groups excluding carboxylic acids is 2. The third-order valence-corrected chi connectivity index (χ3v) is 2.21. The minimum Gasteiger partial charge on any atom is -0.273 e. The molecule has 0 spiro atoms. The van der Waals surface area contributed by atoms with E-state index in [-0.39, 0.29) is 17.7 Å². The summed E-state index contributed by atoms with van der Waals surface area (Å²) in [5.74, 6) is -0.661. The Labute approximate surface area is 95.0 Å². The Balaban J connectivity index is 2.60. The van der Waals surface area contributed by atoms with E-state index in [2.05, 4.69) is 10.9 Å². The zero-order valence-corrected chi connectivity index (χ0v) is 9.70. The van der Waals surface area contributed by atoms with Crippen LogP contribution in [0.5, 0.6) is 0 Å². The van der Waals surface area contributed by atoms with Crippen molar-refractivity contribution in [3.05, 3.63) is 35.4 Å². The number of rotatable bonds is 2. The van der Waals surface area contributed by atoms with E-state index in [1.807, 2.05) is 19.1 Å². The van der Waals surface area contributed by atoms with Crippen LogP contribution >= 0.6 is 0 Å². The highest BCUT2D eigenvalue weighted by Gasteiger charge is 2.10. The molecule has 0 aliphatic heterocycles. The molecule has 0 saturated heterocycles. The van der Waals surface area contributed by atoms with E-state index in [1.165, 1.54) is 0 Å². The van der Waals surface area contributed by atoms with Gasteiger partial charge in [0, 0.05) is 11.5 Å². The number of hydrogen-bond donors (Lipinski definition) is 2. The van der Waals surface area contributed by atoms with Gasteiger partial charge in [0.25, 0.3) is 5.91 Å². The minimum absolute atomic E-state index is 0.155. The van der Waals surface area contributed by atoms with Gasteiger partial charge >= 0.3 is 0 Å². The van der Waals surface area contributed by atoms with Gasteiger partial charge in [-0.3, -0.25) is 20.4 Å². The molecular weight excluding hydrogens is 204 g/mol. The molecule has 0 atom stereocenters. The van der Waals surface area contributed by atoms with Gasteiger partial charge in [0.1, 0.15) is 0 Å². The zero-order chi connectivity index (χ0) is 12.1. The molecule has 4 heteroatoms. The molecule has 16 heavy (non-hydrogen) atoms. The number of hydrogen-bond acceptors (Lipinski definition) is 2. The third-order valence-electron chi connectivity index (χ3n) is 2.21. The van der Waals surface area contributed by atoms with Crippen LogP contribution in [-0.2, 0) is 4.79 Å². The van der Waals surface area contributed by atoms with Crippen LogP contribution < -0.4 is 10.9 Å². The van der Waals surface area contributed by atoms with Gasteiger partial charge in [-0.25, -0.2) is 0 Å². The van der Waals surface area contributed by atoms with Gasteiger partial charge in [0.15, 0.2) is 0 Å². The van der Waals surface area contributed by atoms with Crippen LogP contribution in [0.3, 0.4) is 0 Å². The number of benzene rings is 1. The molecule has 0 fully saturated rings. The molecule has 0 aromatic heterocycles. The van der Waals surface area contributed by atoms with Gasteiger partial charge in [0.2, 0.25) is 5.91 Å². The van der Waals surface area contributed by atoms with Crippen LogP contribution in [0.1, 0.15) is 29.8 Å². The second-order valence-corrected chi connectivity index (χ2v) is 3.91. The molecule has 4 nitrogen and oxygen atoms in total. The first-order chi connectivity index (χ1) is 7.52. The number of amides is 2. The number of hydrazine groups is 1. The summed E-state index contributed by atoms with van der Waals surface area (Å²) in [6.07, 6.45) is 0. The Bertz CT molecular complexity index is 400. The summed E-state index contributed by atoms with van der Waals surface area (Å²) in [6, 6.07) is 7.20. The quantitative estimate of drug-likeness (QED) is 0.740. The van der Waals surface area contributed by atoms with Crippen LogP contribution in [0.15, 0.2) is 24.3 Å². The monoisotopic (exact) mass is 220 g/mol. The maximum Gasteiger partial charge on any atom is 0.269 e. The normalized spacial score (nSPS) is 10.0. The van der Waals surface area contributed by atoms with Gasteiger partial charge in [-0.1, -0.05) is 32.0 Å². The summed E-state index contributed by atoms with van der Waals surface area (Å²) < 4.78 is 0. The van der Waals surface area contributed by atoms with Crippen LogP contribution in [-0.4, -0.2) is 11.8 Å². The fourth-order valence-corrected chi connectivity index (χ4v) is 1.16. The van der Waals surface area contributed by atoms with E-state index in [1.54, 1.807) is 26.0 Å². The van der Waals surface area contributed by atoms with E-state index < -0.39 is 0 Å². The maximum atomic E-state index is 11.7. The van der Waals surface area contributed by atoms with Gasteiger partial charge in [-0.05, 0) is 18.6 Å². The van der Waals surface area contributed by atoms with Gasteiger partial charge in [-0.15, -0.1) is 0 Å². The van der Waals surface area contributed by atoms with Crippen LogP contribution in [0, 0.1) is 12.8 Å². The summed E-state index contributed by atoms with van der Waals surface area (Å²) in [7, 11) is 0. The molecule has 86 valence electrons. The maximum absolute atomic E-state index is 11.7. The standard InChI is InChI=1S/C12H16N2O2/c1-8(2)11(15)13-14-12(16)10-7-5-4-6-9(10)3/h4-8H,1-3H3,(H,13,15)(H,14,16). The minimum atomic E-state index is -0.299. The van der Waals surface area contributed by atoms with E-state index in [0.29, 0.717) is 5.56 Å². The first kappa shape index (κ1) is 12.2. The molecule has 0 aliphatic carbocycles. The molecular formula is C12H16N2O2. The molecule has 2 amide bonds. The van der Waals surface area contributed by atoms with Crippen LogP contribution in [0.2, 0.25) is 0 Å². The summed E-state index contributed by atoms with van der Waals surface area (Å²) in [5.41, 5.74) is 6.19. The molecule has 0 radical (unpaired) electrons. The predicted octanol–water partition coefficient (Wildman–Crippen LogP) is 1.41. The van der Waals surface area contributed by atoms with Crippen LogP contribution in [0.4, 0.5) is 0 Å². The fraction of sp³-hybridized carbons (Fsp3) is 0.333. The number of carbonyl (C=O) groups is 2. The van der Waals surface area contributed by atoms with Crippen molar-refractivity contribution < 1.29 is 9.59 Å². The molecule has 0 unspecified atom stereocenters. The van der Waals surface area contributed by atoms with E-state index in [4.69, 9.17) is 0 Å². The van der Waals surface area contributed by atoms with Gasteiger partial charge < -0.3 is 0 Å². The van der Waals surface area contributed by atoms with Gasteiger partial charge in [-0.2, -0.15) is 0 Å². The van der Waals surface area contributed by atoms with Crippen molar-refractivity contribution in [2.75, 3.05) is 0 Å². The Kier molecular flexibility index (Phi) is 4.05. The summed E-state index contributed by atoms with van der Waals surface area (Å²) in [4.78, 5) is 22.9. The topological polar surface area (TPSA) is 58.2 Å². The molecule has 0 saturated carbocycles. The SMILES string of the molecule is Cc1ccccc1C(=O)NNC(=O)C(C)C. The van der Waals surface area contributed by atoms with Crippen molar-refractivity contribution in [1.29, 1.82) is 0 Å². The van der Waals surface area contributed by atoms with Gasteiger partial charge in [0.05, 0.1) is 0 Å². The summed E-state index contributed by atoms with van der Waals surface area (Å²) >= 11 is 0. The highest BCUT2D eigenvalue weighted by atomic mass is 16.2. The molecule has 2 N–H and O–H groups in total. The number of nitrogens with one attached hydrogen (secondary N) is 2. The second-order valence-electron chi connectivity index (χ2n) is 3.91. The average Bonchev–Trinajstić information content (AvgIpc) is 2.25. The fourth-order valence-electron chi connectivity index (χ4n) is 1.16. The molecule has 0 heterocycles. The van der Waals surface area contributed by atoms with Crippen molar-refractivity contribution in [1.82, 2.24) is 10.9 Å². The lowest BCUT2D eigenvalue weighted by molar-refractivity contribution is -0.124. The highest BCUT2D eigenvalue weighted by Crippen LogP contribution is 2.05. The second kappa shape index (κ2) is 5.30. The number of aryl methyl sites for hydroxylation is 1. The Morgan fingerprint density at radius 3 is 2.31 bits per heavy atom. The first-order valence-corrected chi connectivity index (χ1v) is 5.18. The Morgan fingerprint density at radius 2 is 1.75 bits per heavy atom. The third kappa shape index (κ3) is 3.08. The van der Waals surface area contributed by atoms with Crippen molar-refractivity contribution in [3.63, 3.8) is 0 Å². The zero-order valence-electron chi connectivity index (χ0n) is 9.70. The molecule has 1 rings (SSSR count). The van der Waals surface area contributed by atoms with Crippen molar-refractivity contribution >= 4 is 11.8 Å². The van der Waals surface area contributed by atoms with E-state index in [0.717, 1.165) is 5.56 Å². The predicted molar refractivity (Wildman–Crippen MR) is 61.6 cm³/mol. The molecule has 0 aliphatic rings. The highest BCUT2D eigenvalue weighted by molar-refractivity contribution is 5.96. The first-order valence-electron chi connectivity index (χ1n) is 5.18. The lowest BCUT2D eigenvalue weighted by atomic mass is 10.1. The lowest BCUT2D eigenvalue weighted by Crippen LogP contribution is -2.43. The van der Waals surface area contributed by atoms with Crippen molar-refractivity contribution in [2.24, 2.45) is 5.92 Å².